The second kappa shape index (κ2) is 16.3. The van der Waals surface area contributed by atoms with Crippen LogP contribution in [0.3, 0.4) is 0 Å². The Balaban J connectivity index is 1.20. The van der Waals surface area contributed by atoms with Crippen LogP contribution in [0.1, 0.15) is 49.8 Å². The summed E-state index contributed by atoms with van der Waals surface area (Å²) in [5, 5.41) is 19.2. The summed E-state index contributed by atoms with van der Waals surface area (Å²) in [5.41, 5.74) is 6.71. The highest BCUT2D eigenvalue weighted by atomic mass is 19.1. The maximum absolute atomic E-state index is 13.5. The van der Waals surface area contributed by atoms with E-state index in [2.05, 4.69) is 31.9 Å². The van der Waals surface area contributed by atoms with E-state index in [1.807, 2.05) is 0 Å². The molecule has 2 aliphatic rings. The number of nitro groups is 1. The summed E-state index contributed by atoms with van der Waals surface area (Å²) >= 11 is 0. The SMILES string of the molecule is C[C@H](NC(=O)Cc1cc(F)cc(F)c1)C(=O)N[C@H](C(=O)NCCCCCCN=C1C=CC([N+](=O)[O-])=C2NONC12)c1ccccc1. The second-order valence-corrected chi connectivity index (χ2v) is 10.8. The minimum atomic E-state index is -1.02. The third kappa shape index (κ3) is 9.49. The Kier molecular flexibility index (Phi) is 12.0. The first-order valence-corrected chi connectivity index (χ1v) is 14.8. The molecule has 4 rings (SSSR count). The van der Waals surface area contributed by atoms with Crippen LogP contribution in [-0.2, 0) is 25.7 Å². The molecule has 46 heavy (non-hydrogen) atoms. The van der Waals surface area contributed by atoms with Gasteiger partial charge in [0.1, 0.15) is 35.5 Å². The molecule has 0 spiro atoms. The average molecular weight is 640 g/mol. The van der Waals surface area contributed by atoms with E-state index in [4.69, 9.17) is 4.94 Å². The van der Waals surface area contributed by atoms with Gasteiger partial charge in [0.2, 0.25) is 17.7 Å². The number of carbonyl (C=O) groups is 3. The van der Waals surface area contributed by atoms with E-state index in [-0.39, 0.29) is 17.7 Å². The van der Waals surface area contributed by atoms with Gasteiger partial charge >= 0.3 is 0 Å². The van der Waals surface area contributed by atoms with Gasteiger partial charge in [-0.1, -0.05) is 43.2 Å². The number of rotatable bonds is 15. The van der Waals surface area contributed by atoms with Gasteiger partial charge in [-0.25, -0.2) is 14.3 Å². The van der Waals surface area contributed by atoms with Crippen molar-refractivity contribution in [2.45, 2.75) is 57.2 Å². The molecule has 2 aromatic carbocycles. The predicted molar refractivity (Wildman–Crippen MR) is 163 cm³/mol. The first kappa shape index (κ1) is 33.9. The van der Waals surface area contributed by atoms with Gasteiger partial charge in [0.25, 0.3) is 5.70 Å². The highest BCUT2D eigenvalue weighted by Crippen LogP contribution is 2.20. The zero-order valence-corrected chi connectivity index (χ0v) is 25.1. The number of unbranched alkanes of at least 4 members (excludes halogenated alkanes) is 3. The molecule has 244 valence electrons. The van der Waals surface area contributed by atoms with Crippen LogP contribution < -0.4 is 26.9 Å². The normalized spacial score (nSPS) is 17.5. The van der Waals surface area contributed by atoms with E-state index < -0.39 is 52.4 Å². The number of aliphatic imine (C=N–C) groups is 1. The zero-order chi connectivity index (χ0) is 33.1. The first-order valence-electron chi connectivity index (χ1n) is 14.8. The lowest BCUT2D eigenvalue weighted by atomic mass is 10.0. The molecule has 1 unspecified atom stereocenters. The molecule has 3 atom stereocenters. The number of fused-ring (bicyclic) bond motifs is 1. The third-order valence-corrected chi connectivity index (χ3v) is 7.22. The number of hydrogen-bond donors (Lipinski definition) is 5. The molecule has 2 aromatic rings. The lowest BCUT2D eigenvalue weighted by Crippen LogP contribution is -2.49. The summed E-state index contributed by atoms with van der Waals surface area (Å²) in [7, 11) is 0. The molecular weight excluding hydrogens is 604 g/mol. The van der Waals surface area contributed by atoms with Gasteiger partial charge in [0.05, 0.1) is 17.1 Å². The fourth-order valence-corrected chi connectivity index (χ4v) is 4.90. The average Bonchev–Trinajstić information content (AvgIpc) is 3.51. The van der Waals surface area contributed by atoms with Gasteiger partial charge in [0, 0.05) is 25.2 Å². The number of amides is 3. The smallest absolute Gasteiger partial charge is 0.292 e. The minimum absolute atomic E-state index is 0.0807. The molecule has 3 amide bonds. The molecule has 1 aliphatic carbocycles. The molecule has 0 bridgehead atoms. The first-order chi connectivity index (χ1) is 22.1. The molecule has 1 saturated heterocycles. The molecule has 13 nitrogen and oxygen atoms in total. The van der Waals surface area contributed by atoms with Gasteiger partial charge in [-0.3, -0.25) is 29.5 Å². The quantitative estimate of drug-likeness (QED) is 0.112. The van der Waals surface area contributed by atoms with Crippen molar-refractivity contribution in [1.82, 2.24) is 26.9 Å². The van der Waals surface area contributed by atoms with Crippen molar-refractivity contribution in [2.24, 2.45) is 4.99 Å². The van der Waals surface area contributed by atoms with Gasteiger partial charge in [-0.2, -0.15) is 10.4 Å². The molecule has 1 aliphatic heterocycles. The van der Waals surface area contributed by atoms with E-state index in [0.717, 1.165) is 31.4 Å². The molecule has 0 radical (unpaired) electrons. The van der Waals surface area contributed by atoms with Crippen molar-refractivity contribution >= 4 is 23.4 Å². The summed E-state index contributed by atoms with van der Waals surface area (Å²) < 4.78 is 26.9. The fraction of sp³-hybridized carbons (Fsp3) is 0.355. The molecule has 1 heterocycles. The second-order valence-electron chi connectivity index (χ2n) is 10.8. The standard InChI is InChI=1S/C31H35F2N7O6/c1-19(36-26(41)17-20-15-22(32)18-23(33)16-20)30(42)37-27(21-9-5-4-6-10-21)31(43)35-14-8-3-2-7-13-34-24-11-12-25(40(44)45)29-28(24)38-46-39-29/h4-6,9-12,15-16,18-19,27-28,38-39H,2-3,7-8,13-14,17H2,1H3,(H,35,43)(H,36,41)(H,37,42)/t19-,27-,28?/m0/s1. The van der Waals surface area contributed by atoms with Crippen LogP contribution in [0.2, 0.25) is 0 Å². The minimum Gasteiger partial charge on any atom is -0.354 e. The number of hydroxylamine groups is 2. The number of hydrogen-bond acceptors (Lipinski definition) is 9. The summed E-state index contributed by atoms with van der Waals surface area (Å²) in [5.74, 6) is -3.25. The monoisotopic (exact) mass is 639 g/mol. The van der Waals surface area contributed by atoms with Gasteiger partial charge in [0.15, 0.2) is 0 Å². The molecule has 0 aromatic heterocycles. The summed E-state index contributed by atoms with van der Waals surface area (Å²) in [4.78, 5) is 58.6. The molecule has 1 fully saturated rings. The molecule has 5 N–H and O–H groups in total. The lowest BCUT2D eigenvalue weighted by molar-refractivity contribution is -0.420. The Morgan fingerprint density at radius 3 is 2.43 bits per heavy atom. The fourth-order valence-electron chi connectivity index (χ4n) is 4.90. The van der Waals surface area contributed by atoms with E-state index >= 15 is 0 Å². The van der Waals surface area contributed by atoms with Crippen LogP contribution >= 0.6 is 0 Å². The Hall–Kier alpha value is -5.02. The number of nitrogens with zero attached hydrogens (tertiary/aromatic N) is 2. The molecule has 0 saturated carbocycles. The third-order valence-electron chi connectivity index (χ3n) is 7.22. The van der Waals surface area contributed by atoms with Crippen molar-refractivity contribution in [3.8, 4) is 0 Å². The van der Waals surface area contributed by atoms with Crippen LogP contribution in [0, 0.1) is 21.7 Å². The molecule has 15 heteroatoms. The van der Waals surface area contributed by atoms with E-state index in [1.165, 1.54) is 13.0 Å². The van der Waals surface area contributed by atoms with E-state index in [9.17, 15) is 33.3 Å². The zero-order valence-electron chi connectivity index (χ0n) is 25.1. The van der Waals surface area contributed by atoms with Crippen molar-refractivity contribution in [3.05, 3.63) is 105 Å². The summed E-state index contributed by atoms with van der Waals surface area (Å²) in [6, 6.07) is 8.88. The van der Waals surface area contributed by atoms with Crippen molar-refractivity contribution in [2.75, 3.05) is 13.1 Å². The van der Waals surface area contributed by atoms with Gasteiger partial charge < -0.3 is 16.0 Å². The molecular formula is C31H35F2N7O6. The highest BCUT2D eigenvalue weighted by molar-refractivity contribution is 6.03. The van der Waals surface area contributed by atoms with Gasteiger partial charge in [-0.15, -0.1) is 0 Å². The maximum Gasteiger partial charge on any atom is 0.292 e. The maximum atomic E-state index is 13.5. The van der Waals surface area contributed by atoms with Crippen LogP contribution in [0.5, 0.6) is 0 Å². The number of halogens is 2. The predicted octanol–water partition coefficient (Wildman–Crippen LogP) is 2.45. The number of carbonyl (C=O) groups excluding carboxylic acids is 3. The number of benzene rings is 2. The topological polar surface area (TPSA) is 176 Å². The summed E-state index contributed by atoms with van der Waals surface area (Å²) in [6.45, 7) is 2.34. The van der Waals surface area contributed by atoms with E-state index in [1.54, 1.807) is 36.4 Å². The number of allylic oxidation sites excluding steroid dienone is 1. The number of nitrogens with one attached hydrogen (secondary N) is 5. The van der Waals surface area contributed by atoms with Gasteiger partial charge in [-0.05, 0) is 49.1 Å². The highest BCUT2D eigenvalue weighted by Gasteiger charge is 2.36. The Morgan fingerprint density at radius 1 is 1.00 bits per heavy atom. The lowest BCUT2D eigenvalue weighted by Gasteiger charge is -2.22. The van der Waals surface area contributed by atoms with Crippen LogP contribution in [0.25, 0.3) is 0 Å². The summed E-state index contributed by atoms with van der Waals surface area (Å²) in [6.07, 6.45) is 5.76. The van der Waals surface area contributed by atoms with Crippen LogP contribution in [-0.4, -0.2) is 53.5 Å². The van der Waals surface area contributed by atoms with E-state index in [0.29, 0.717) is 42.5 Å². The van der Waals surface area contributed by atoms with Crippen LogP contribution in [0.15, 0.2) is 77.1 Å². The van der Waals surface area contributed by atoms with Crippen molar-refractivity contribution < 1.29 is 33.0 Å². The van der Waals surface area contributed by atoms with Crippen molar-refractivity contribution in [1.29, 1.82) is 0 Å². The largest absolute Gasteiger partial charge is 0.354 e. The van der Waals surface area contributed by atoms with Crippen LogP contribution in [0.4, 0.5) is 8.78 Å². The Bertz CT molecular complexity index is 1510. The van der Waals surface area contributed by atoms with Crippen molar-refractivity contribution in [3.63, 3.8) is 0 Å². The Morgan fingerprint density at radius 2 is 1.72 bits per heavy atom. The Labute approximate surface area is 263 Å².